The van der Waals surface area contributed by atoms with Crippen molar-refractivity contribution in [2.75, 3.05) is 0 Å². The molecule has 1 N–H and O–H groups in total. The van der Waals surface area contributed by atoms with Crippen LogP contribution in [0.2, 0.25) is 0 Å². The summed E-state index contributed by atoms with van der Waals surface area (Å²) in [5, 5.41) is 12.8. The molecule has 5 rings (SSSR count). The molecule has 0 bridgehead atoms. The van der Waals surface area contributed by atoms with Crippen LogP contribution in [-0.2, 0) is 12.8 Å². The average molecular weight is 348 g/mol. The third kappa shape index (κ3) is 2.57. The van der Waals surface area contributed by atoms with Gasteiger partial charge in [0.2, 0.25) is 0 Å². The van der Waals surface area contributed by atoms with Crippen molar-refractivity contribution in [3.63, 3.8) is 0 Å². The lowest BCUT2D eigenvalue weighted by Gasteiger charge is -2.23. The molecule has 26 heavy (non-hydrogen) atoms. The molecule has 2 saturated carbocycles. The van der Waals surface area contributed by atoms with Gasteiger partial charge in [-0.25, -0.2) is 4.79 Å². The molecule has 0 unspecified atom stereocenters. The van der Waals surface area contributed by atoms with Gasteiger partial charge in [0.25, 0.3) is 0 Å². The third-order valence-electron chi connectivity index (χ3n) is 7.20. The van der Waals surface area contributed by atoms with Crippen molar-refractivity contribution in [2.45, 2.75) is 82.5 Å². The Morgan fingerprint density at radius 1 is 0.808 bits per heavy atom. The molecule has 2 nitrogen and oxygen atoms in total. The van der Waals surface area contributed by atoms with E-state index in [1.807, 2.05) is 0 Å². The zero-order valence-electron chi connectivity index (χ0n) is 15.5. The van der Waals surface area contributed by atoms with E-state index in [-0.39, 0.29) is 0 Å². The highest BCUT2D eigenvalue weighted by Gasteiger charge is 2.31. The van der Waals surface area contributed by atoms with Crippen LogP contribution in [0.1, 0.15) is 102 Å². The monoisotopic (exact) mass is 348 g/mol. The minimum Gasteiger partial charge on any atom is -0.478 e. The maximum atomic E-state index is 12.4. The van der Waals surface area contributed by atoms with E-state index in [9.17, 15) is 9.90 Å². The Bertz CT molecular complexity index is 868. The van der Waals surface area contributed by atoms with Gasteiger partial charge in [-0.05, 0) is 95.9 Å². The van der Waals surface area contributed by atoms with Crippen molar-refractivity contribution in [1.82, 2.24) is 0 Å². The van der Waals surface area contributed by atoms with Crippen LogP contribution in [0.3, 0.4) is 0 Å². The maximum Gasteiger partial charge on any atom is 0.336 e. The minimum atomic E-state index is -0.698. The Morgan fingerprint density at radius 3 is 2.08 bits per heavy atom. The minimum absolute atomic E-state index is 0.435. The van der Waals surface area contributed by atoms with Gasteiger partial charge in [0.05, 0.1) is 5.56 Å². The number of carbonyl (C=O) groups is 1. The Hall–Kier alpha value is -1.83. The molecule has 0 saturated heterocycles. The summed E-state index contributed by atoms with van der Waals surface area (Å²) in [5.74, 6) is 0.180. The van der Waals surface area contributed by atoms with Crippen LogP contribution in [0.15, 0.2) is 18.2 Å². The molecule has 2 heteroatoms. The maximum absolute atomic E-state index is 12.4. The highest BCUT2D eigenvalue weighted by Crippen LogP contribution is 2.46. The first-order valence-corrected chi connectivity index (χ1v) is 10.6. The quantitative estimate of drug-likeness (QED) is 0.702. The van der Waals surface area contributed by atoms with Crippen LogP contribution in [0.4, 0.5) is 0 Å². The second-order valence-electron chi connectivity index (χ2n) is 8.72. The summed E-state index contributed by atoms with van der Waals surface area (Å²) in [7, 11) is 0. The number of fused-ring (bicyclic) bond motifs is 2. The van der Waals surface area contributed by atoms with Gasteiger partial charge in [-0.15, -0.1) is 0 Å². The zero-order valence-corrected chi connectivity index (χ0v) is 15.5. The van der Waals surface area contributed by atoms with E-state index < -0.39 is 5.97 Å². The lowest BCUT2D eigenvalue weighted by atomic mass is 9.80. The third-order valence-corrected chi connectivity index (χ3v) is 7.20. The zero-order chi connectivity index (χ0) is 17.7. The van der Waals surface area contributed by atoms with Crippen molar-refractivity contribution >= 4 is 16.7 Å². The molecule has 2 aromatic carbocycles. The van der Waals surface area contributed by atoms with Crippen LogP contribution in [0.25, 0.3) is 10.8 Å². The SMILES string of the molecule is O=C(O)c1c(C2CCCC2)cc2cc3c(cc2c1C1CCCC1)CCC3. The van der Waals surface area contributed by atoms with Gasteiger partial charge >= 0.3 is 5.97 Å². The molecule has 2 aromatic rings. The van der Waals surface area contributed by atoms with Gasteiger partial charge in [0, 0.05) is 0 Å². The number of hydrogen-bond donors (Lipinski definition) is 1. The van der Waals surface area contributed by atoms with Gasteiger partial charge in [-0.2, -0.15) is 0 Å². The number of hydrogen-bond acceptors (Lipinski definition) is 1. The first-order chi connectivity index (χ1) is 12.7. The number of carboxylic acids is 1. The number of aryl methyl sites for hydroxylation is 2. The fourth-order valence-corrected chi connectivity index (χ4v) is 5.96. The molecule has 0 atom stereocenters. The van der Waals surface area contributed by atoms with Gasteiger partial charge in [0.15, 0.2) is 0 Å². The largest absolute Gasteiger partial charge is 0.478 e. The Morgan fingerprint density at radius 2 is 1.42 bits per heavy atom. The molecular weight excluding hydrogens is 320 g/mol. The van der Waals surface area contributed by atoms with E-state index in [1.165, 1.54) is 66.0 Å². The number of aromatic carboxylic acids is 1. The second-order valence-corrected chi connectivity index (χ2v) is 8.72. The van der Waals surface area contributed by atoms with Crippen LogP contribution in [0.5, 0.6) is 0 Å². The summed E-state index contributed by atoms with van der Waals surface area (Å²) < 4.78 is 0. The summed E-state index contributed by atoms with van der Waals surface area (Å²) in [6, 6.07) is 7.00. The number of benzene rings is 2. The first-order valence-electron chi connectivity index (χ1n) is 10.6. The molecule has 0 amide bonds. The van der Waals surface area contributed by atoms with Crippen LogP contribution in [-0.4, -0.2) is 11.1 Å². The van der Waals surface area contributed by atoms with E-state index in [0.29, 0.717) is 17.4 Å². The van der Waals surface area contributed by atoms with Gasteiger partial charge < -0.3 is 5.11 Å². The molecule has 0 radical (unpaired) electrons. The van der Waals surface area contributed by atoms with Crippen molar-refractivity contribution < 1.29 is 9.90 Å². The van der Waals surface area contributed by atoms with Crippen molar-refractivity contribution in [1.29, 1.82) is 0 Å². The highest BCUT2D eigenvalue weighted by atomic mass is 16.4. The van der Waals surface area contributed by atoms with Gasteiger partial charge in [-0.3, -0.25) is 0 Å². The predicted molar refractivity (Wildman–Crippen MR) is 105 cm³/mol. The predicted octanol–water partition coefficient (Wildman–Crippen LogP) is 6.34. The van der Waals surface area contributed by atoms with Gasteiger partial charge in [0.1, 0.15) is 0 Å². The lowest BCUT2D eigenvalue weighted by molar-refractivity contribution is 0.0693. The second kappa shape index (κ2) is 6.40. The number of carboxylic acid groups (broad SMARTS) is 1. The average Bonchev–Trinajstić information content (AvgIpc) is 3.40. The van der Waals surface area contributed by atoms with Crippen LogP contribution >= 0.6 is 0 Å². The van der Waals surface area contributed by atoms with Crippen molar-refractivity contribution in [3.05, 3.63) is 46.0 Å². The Balaban J connectivity index is 1.81. The van der Waals surface area contributed by atoms with E-state index in [4.69, 9.17) is 0 Å². The first kappa shape index (κ1) is 16.4. The van der Waals surface area contributed by atoms with Crippen LogP contribution in [0, 0.1) is 0 Å². The fraction of sp³-hybridized carbons (Fsp3) is 0.542. The summed E-state index contributed by atoms with van der Waals surface area (Å²) in [6.07, 6.45) is 13.2. The van der Waals surface area contributed by atoms with E-state index in [2.05, 4.69) is 18.2 Å². The standard InChI is InChI=1S/C24H28O2/c25-24(26)23-20(15-6-1-2-7-15)14-19-12-17-10-5-11-18(17)13-21(19)22(23)16-8-3-4-9-16/h12-16H,1-11H2,(H,25,26). The van der Waals surface area contributed by atoms with E-state index in [0.717, 1.165) is 37.7 Å². The molecule has 3 aliphatic carbocycles. The smallest absolute Gasteiger partial charge is 0.336 e. The molecule has 0 aliphatic heterocycles. The summed E-state index contributed by atoms with van der Waals surface area (Å²) in [4.78, 5) is 12.4. The number of rotatable bonds is 3. The molecule has 2 fully saturated rings. The van der Waals surface area contributed by atoms with Gasteiger partial charge in [-0.1, -0.05) is 37.8 Å². The summed E-state index contributed by atoms with van der Waals surface area (Å²) >= 11 is 0. The molecule has 3 aliphatic rings. The fourth-order valence-electron chi connectivity index (χ4n) is 5.96. The molecule has 0 spiro atoms. The normalized spacial score (nSPS) is 20.9. The van der Waals surface area contributed by atoms with Crippen LogP contribution < -0.4 is 0 Å². The topological polar surface area (TPSA) is 37.3 Å². The van der Waals surface area contributed by atoms with Crippen molar-refractivity contribution in [2.24, 2.45) is 0 Å². The Kier molecular flexibility index (Phi) is 4.03. The molecular formula is C24H28O2. The molecule has 136 valence electrons. The molecule has 0 heterocycles. The summed E-state index contributed by atoms with van der Waals surface area (Å²) in [5.41, 5.74) is 5.96. The summed E-state index contributed by atoms with van der Waals surface area (Å²) in [6.45, 7) is 0. The highest BCUT2D eigenvalue weighted by molar-refractivity contribution is 6.01. The van der Waals surface area contributed by atoms with Crippen molar-refractivity contribution in [3.8, 4) is 0 Å². The lowest BCUT2D eigenvalue weighted by Crippen LogP contribution is -2.13. The van der Waals surface area contributed by atoms with E-state index >= 15 is 0 Å². The van der Waals surface area contributed by atoms with E-state index in [1.54, 1.807) is 0 Å². The Labute approximate surface area is 155 Å². The molecule has 0 aromatic heterocycles.